The van der Waals surface area contributed by atoms with Gasteiger partial charge in [-0.25, -0.2) is 13.4 Å². The van der Waals surface area contributed by atoms with E-state index in [0.717, 1.165) is 31.4 Å². The lowest BCUT2D eigenvalue weighted by molar-refractivity contribution is -0.132. The number of sulfone groups is 1. The summed E-state index contributed by atoms with van der Waals surface area (Å²) in [5.74, 6) is 0.256. The van der Waals surface area contributed by atoms with Gasteiger partial charge in [0.1, 0.15) is 18.1 Å². The first-order chi connectivity index (χ1) is 11.9. The van der Waals surface area contributed by atoms with Gasteiger partial charge in [0.15, 0.2) is 9.84 Å². The van der Waals surface area contributed by atoms with E-state index < -0.39 is 9.84 Å². The first-order valence-electron chi connectivity index (χ1n) is 8.45. The number of hydrogen-bond donors (Lipinski definition) is 1. The molecule has 7 nitrogen and oxygen atoms in total. The largest absolute Gasteiger partial charge is 0.337 e. The highest BCUT2D eigenvalue weighted by Gasteiger charge is 2.29. The minimum atomic E-state index is -3.24. The summed E-state index contributed by atoms with van der Waals surface area (Å²) >= 11 is 0. The molecule has 0 saturated carbocycles. The quantitative estimate of drug-likeness (QED) is 0.819. The van der Waals surface area contributed by atoms with Crippen LogP contribution in [0.2, 0.25) is 0 Å². The molecule has 136 valence electrons. The van der Waals surface area contributed by atoms with E-state index in [1.807, 2.05) is 36.2 Å². The van der Waals surface area contributed by atoms with E-state index in [0.29, 0.717) is 11.3 Å². The number of aromatic nitrogens is 2. The van der Waals surface area contributed by atoms with Crippen molar-refractivity contribution < 1.29 is 13.2 Å². The fraction of sp³-hybridized carbons (Fsp3) is 0.529. The van der Waals surface area contributed by atoms with Crippen LogP contribution in [0.25, 0.3) is 11.0 Å². The smallest absolute Gasteiger partial charge is 0.242 e. The molecule has 1 saturated heterocycles. The molecule has 1 amide bonds. The number of carbonyl (C=O) groups is 1. The topological polar surface area (TPSA) is 84.3 Å². The molecule has 3 rings (SSSR count). The number of likely N-dealkylation sites (tertiary alicyclic amines) is 1. The van der Waals surface area contributed by atoms with Gasteiger partial charge in [-0.15, -0.1) is 0 Å². The fourth-order valence-corrected chi connectivity index (χ4v) is 4.17. The highest BCUT2D eigenvalue weighted by Crippen LogP contribution is 2.21. The second-order valence-electron chi connectivity index (χ2n) is 6.61. The van der Waals surface area contributed by atoms with Gasteiger partial charge in [0.2, 0.25) is 5.91 Å². The van der Waals surface area contributed by atoms with Gasteiger partial charge in [0.25, 0.3) is 0 Å². The van der Waals surface area contributed by atoms with E-state index in [9.17, 15) is 13.2 Å². The third-order valence-electron chi connectivity index (χ3n) is 4.56. The first-order valence-corrected chi connectivity index (χ1v) is 10.5. The molecule has 1 atom stereocenters. The van der Waals surface area contributed by atoms with Crippen molar-refractivity contribution in [2.75, 3.05) is 26.4 Å². The number of rotatable bonds is 6. The molecule has 0 bridgehead atoms. The van der Waals surface area contributed by atoms with Gasteiger partial charge in [-0.3, -0.25) is 4.79 Å². The summed E-state index contributed by atoms with van der Waals surface area (Å²) in [5.41, 5.74) is 1.50. The minimum absolute atomic E-state index is 0.00986. The zero-order valence-electron chi connectivity index (χ0n) is 14.6. The highest BCUT2D eigenvalue weighted by atomic mass is 32.2. The van der Waals surface area contributed by atoms with Crippen LogP contribution in [0.15, 0.2) is 24.3 Å². The summed E-state index contributed by atoms with van der Waals surface area (Å²) in [4.78, 5) is 19.2. The van der Waals surface area contributed by atoms with E-state index in [1.54, 1.807) is 4.57 Å². The Balaban J connectivity index is 1.91. The standard InChI is InChI=1S/C17H24N4O3S/c1-18-10-13-6-5-9-20(13)17(22)11-21-15-8-4-3-7-14(15)19-16(21)12-25(2,23)24/h3-4,7-8,13,18H,5-6,9-12H2,1-2H3. The van der Waals surface area contributed by atoms with E-state index in [2.05, 4.69) is 10.3 Å². The average molecular weight is 364 g/mol. The molecule has 1 aliphatic rings. The molecule has 25 heavy (non-hydrogen) atoms. The molecular weight excluding hydrogens is 340 g/mol. The molecule has 1 aromatic heterocycles. The molecule has 2 aromatic rings. The molecular formula is C17H24N4O3S. The first kappa shape index (κ1) is 17.9. The summed E-state index contributed by atoms with van der Waals surface area (Å²) < 4.78 is 25.2. The lowest BCUT2D eigenvalue weighted by atomic mass is 10.2. The second kappa shape index (κ2) is 7.13. The van der Waals surface area contributed by atoms with Gasteiger partial charge in [-0.1, -0.05) is 12.1 Å². The maximum absolute atomic E-state index is 12.9. The average Bonchev–Trinajstić information content (AvgIpc) is 3.12. The monoisotopic (exact) mass is 364 g/mol. The zero-order chi connectivity index (χ0) is 18.0. The zero-order valence-corrected chi connectivity index (χ0v) is 15.4. The van der Waals surface area contributed by atoms with Crippen molar-refractivity contribution in [1.82, 2.24) is 19.8 Å². The number of fused-ring (bicyclic) bond motifs is 1. The van der Waals surface area contributed by atoms with E-state index in [-0.39, 0.29) is 24.2 Å². The molecule has 1 aromatic carbocycles. The Morgan fingerprint density at radius 1 is 1.36 bits per heavy atom. The normalized spacial score (nSPS) is 18.2. The molecule has 1 N–H and O–H groups in total. The second-order valence-corrected chi connectivity index (χ2v) is 8.75. The van der Waals surface area contributed by atoms with E-state index in [1.165, 1.54) is 6.26 Å². The number of para-hydroxylation sites is 2. The van der Waals surface area contributed by atoms with Crippen LogP contribution in [0, 0.1) is 0 Å². The number of nitrogens with zero attached hydrogens (tertiary/aromatic N) is 3. The molecule has 0 aliphatic carbocycles. The van der Waals surface area contributed by atoms with Crippen molar-refractivity contribution in [2.24, 2.45) is 0 Å². The van der Waals surface area contributed by atoms with Crippen molar-refractivity contribution in [3.05, 3.63) is 30.1 Å². The van der Waals surface area contributed by atoms with Gasteiger partial charge in [0, 0.05) is 25.4 Å². The third-order valence-corrected chi connectivity index (χ3v) is 5.34. The van der Waals surface area contributed by atoms with Crippen LogP contribution >= 0.6 is 0 Å². The Bertz CT molecular complexity index is 875. The maximum Gasteiger partial charge on any atom is 0.242 e. The molecule has 1 unspecified atom stereocenters. The SMILES string of the molecule is CNCC1CCCN1C(=O)Cn1c(CS(C)(=O)=O)nc2ccccc21. The van der Waals surface area contributed by atoms with Gasteiger partial charge in [0.05, 0.1) is 11.0 Å². The summed E-state index contributed by atoms with van der Waals surface area (Å²) in [6.07, 6.45) is 3.17. The van der Waals surface area contributed by atoms with Crippen molar-refractivity contribution in [1.29, 1.82) is 0 Å². The number of amides is 1. The summed E-state index contributed by atoms with van der Waals surface area (Å²) in [6, 6.07) is 7.63. The van der Waals surface area contributed by atoms with Gasteiger partial charge >= 0.3 is 0 Å². The number of hydrogen-bond acceptors (Lipinski definition) is 5. The van der Waals surface area contributed by atoms with Gasteiger partial charge < -0.3 is 14.8 Å². The minimum Gasteiger partial charge on any atom is -0.337 e. The van der Waals surface area contributed by atoms with Gasteiger partial charge in [-0.2, -0.15) is 0 Å². The summed E-state index contributed by atoms with van der Waals surface area (Å²) in [7, 11) is -1.36. The predicted molar refractivity (Wildman–Crippen MR) is 96.9 cm³/mol. The molecule has 1 aliphatic heterocycles. The Hall–Kier alpha value is -1.93. The molecule has 0 spiro atoms. The van der Waals surface area contributed by atoms with Crippen LogP contribution in [0.4, 0.5) is 0 Å². The van der Waals surface area contributed by atoms with Crippen LogP contribution < -0.4 is 5.32 Å². The molecule has 2 heterocycles. The molecule has 1 fully saturated rings. The maximum atomic E-state index is 12.9. The molecule has 8 heteroatoms. The third kappa shape index (κ3) is 4.01. The van der Waals surface area contributed by atoms with Crippen molar-refractivity contribution in [2.45, 2.75) is 31.2 Å². The Morgan fingerprint density at radius 3 is 2.84 bits per heavy atom. The lowest BCUT2D eigenvalue weighted by Gasteiger charge is -2.25. The summed E-state index contributed by atoms with van der Waals surface area (Å²) in [5, 5.41) is 3.13. The van der Waals surface area contributed by atoms with Crippen molar-refractivity contribution in [3.8, 4) is 0 Å². The summed E-state index contributed by atoms with van der Waals surface area (Å²) in [6.45, 7) is 1.64. The Labute approximate surface area is 147 Å². The Kier molecular flexibility index (Phi) is 5.10. The van der Waals surface area contributed by atoms with Gasteiger partial charge in [-0.05, 0) is 32.0 Å². The number of imidazole rings is 1. The van der Waals surface area contributed by atoms with Crippen LogP contribution in [-0.2, 0) is 26.9 Å². The van der Waals surface area contributed by atoms with Crippen LogP contribution in [0.5, 0.6) is 0 Å². The number of nitrogens with one attached hydrogen (secondary N) is 1. The number of likely N-dealkylation sites (N-methyl/N-ethyl adjacent to an activating group) is 1. The highest BCUT2D eigenvalue weighted by molar-refractivity contribution is 7.89. The number of benzene rings is 1. The van der Waals surface area contributed by atoms with E-state index >= 15 is 0 Å². The Morgan fingerprint density at radius 2 is 2.12 bits per heavy atom. The van der Waals surface area contributed by atoms with Crippen LogP contribution in [0.3, 0.4) is 0 Å². The predicted octanol–water partition coefficient (Wildman–Crippen LogP) is 0.791. The molecule has 0 radical (unpaired) electrons. The number of carbonyl (C=O) groups excluding carboxylic acids is 1. The van der Waals surface area contributed by atoms with Crippen molar-refractivity contribution >= 4 is 26.8 Å². The van der Waals surface area contributed by atoms with E-state index in [4.69, 9.17) is 0 Å². The van der Waals surface area contributed by atoms with Crippen LogP contribution in [0.1, 0.15) is 18.7 Å². The van der Waals surface area contributed by atoms with Crippen molar-refractivity contribution in [3.63, 3.8) is 0 Å². The van der Waals surface area contributed by atoms with Crippen LogP contribution in [-0.4, -0.2) is 61.2 Å². The lowest BCUT2D eigenvalue weighted by Crippen LogP contribution is -2.42. The fourth-order valence-electron chi connectivity index (χ4n) is 3.48.